The fraction of sp³-hybridized carbons (Fsp3) is 0.278. The third-order valence-corrected chi connectivity index (χ3v) is 4.59. The van der Waals surface area contributed by atoms with Gasteiger partial charge in [0.05, 0.1) is 16.6 Å². The molecular formula is C18H17ClN4O2. The smallest absolute Gasteiger partial charge is 0.292 e. The highest BCUT2D eigenvalue weighted by Gasteiger charge is 2.24. The molecule has 0 atom stereocenters. The Bertz CT molecular complexity index is 809. The summed E-state index contributed by atoms with van der Waals surface area (Å²) in [5, 5.41) is 21.1. The maximum absolute atomic E-state index is 11.3. The summed E-state index contributed by atoms with van der Waals surface area (Å²) in [5.74, 6) is 0. The zero-order valence-corrected chi connectivity index (χ0v) is 14.3. The number of nitriles is 1. The second kappa shape index (κ2) is 7.51. The summed E-state index contributed by atoms with van der Waals surface area (Å²) in [6, 6.07) is 14.3. The van der Waals surface area contributed by atoms with Crippen molar-refractivity contribution in [3.8, 4) is 6.07 Å². The number of anilines is 1. The van der Waals surface area contributed by atoms with Gasteiger partial charge in [0.1, 0.15) is 5.69 Å². The van der Waals surface area contributed by atoms with E-state index in [0.717, 1.165) is 24.7 Å². The number of nitro groups is 1. The molecule has 1 aliphatic heterocycles. The summed E-state index contributed by atoms with van der Waals surface area (Å²) in [4.78, 5) is 15.2. The number of halogens is 1. The van der Waals surface area contributed by atoms with Crippen molar-refractivity contribution in [3.05, 3.63) is 68.7 Å². The lowest BCUT2D eigenvalue weighted by molar-refractivity contribution is -0.384. The van der Waals surface area contributed by atoms with Crippen LogP contribution in [0.2, 0.25) is 5.02 Å². The molecule has 0 aromatic heterocycles. The quantitative estimate of drug-likeness (QED) is 0.619. The number of piperazine rings is 1. The van der Waals surface area contributed by atoms with Crippen molar-refractivity contribution < 1.29 is 4.92 Å². The summed E-state index contributed by atoms with van der Waals surface area (Å²) < 4.78 is 0. The van der Waals surface area contributed by atoms with Gasteiger partial charge in [-0.3, -0.25) is 15.0 Å². The molecule has 0 unspecified atom stereocenters. The van der Waals surface area contributed by atoms with E-state index in [0.29, 0.717) is 24.3 Å². The van der Waals surface area contributed by atoms with Crippen LogP contribution in [0.5, 0.6) is 0 Å². The molecule has 1 fully saturated rings. The first-order chi connectivity index (χ1) is 12.1. The van der Waals surface area contributed by atoms with Crippen LogP contribution in [0.25, 0.3) is 0 Å². The van der Waals surface area contributed by atoms with Crippen LogP contribution in [0.15, 0.2) is 42.5 Å². The van der Waals surface area contributed by atoms with Crippen molar-refractivity contribution in [2.75, 3.05) is 31.1 Å². The zero-order chi connectivity index (χ0) is 17.8. The maximum atomic E-state index is 11.3. The highest BCUT2D eigenvalue weighted by molar-refractivity contribution is 6.30. The van der Waals surface area contributed by atoms with Gasteiger partial charge in [0.25, 0.3) is 5.69 Å². The van der Waals surface area contributed by atoms with Gasteiger partial charge >= 0.3 is 0 Å². The summed E-state index contributed by atoms with van der Waals surface area (Å²) in [6.07, 6.45) is 0. The van der Waals surface area contributed by atoms with Gasteiger partial charge < -0.3 is 4.90 Å². The topological polar surface area (TPSA) is 73.4 Å². The van der Waals surface area contributed by atoms with E-state index in [2.05, 4.69) is 4.90 Å². The molecule has 1 saturated heterocycles. The Labute approximate surface area is 151 Å². The fourth-order valence-corrected chi connectivity index (χ4v) is 3.12. The first-order valence-corrected chi connectivity index (χ1v) is 8.35. The van der Waals surface area contributed by atoms with Crippen LogP contribution in [0.4, 0.5) is 11.4 Å². The Hall–Kier alpha value is -2.62. The van der Waals surface area contributed by atoms with E-state index in [4.69, 9.17) is 16.9 Å². The molecule has 3 rings (SSSR count). The maximum Gasteiger partial charge on any atom is 0.292 e. The summed E-state index contributed by atoms with van der Waals surface area (Å²) in [6.45, 7) is 3.80. The molecule has 6 nitrogen and oxygen atoms in total. The fourth-order valence-electron chi connectivity index (χ4n) is 3.00. The second-order valence-corrected chi connectivity index (χ2v) is 6.40. The standard InChI is InChI=1S/C18H17ClN4O2/c19-16-4-1-14(2-5-16)13-21-7-9-22(10-8-21)18-11-15(12-20)3-6-17(18)23(24)25/h1-6,11H,7-10,13H2. The predicted molar refractivity (Wildman–Crippen MR) is 96.8 cm³/mol. The normalized spacial score (nSPS) is 15.0. The van der Waals surface area contributed by atoms with Gasteiger partial charge in [-0.15, -0.1) is 0 Å². The Morgan fingerprint density at radius 2 is 1.80 bits per heavy atom. The first-order valence-electron chi connectivity index (χ1n) is 7.97. The lowest BCUT2D eigenvalue weighted by Gasteiger charge is -2.35. The number of nitro benzene ring substituents is 1. The van der Waals surface area contributed by atoms with Crippen LogP contribution < -0.4 is 4.90 Å². The average molecular weight is 357 g/mol. The molecule has 1 aliphatic rings. The molecule has 0 spiro atoms. The van der Waals surface area contributed by atoms with Gasteiger partial charge in [0, 0.05) is 43.8 Å². The zero-order valence-electron chi connectivity index (χ0n) is 13.6. The molecule has 128 valence electrons. The van der Waals surface area contributed by atoms with Crippen LogP contribution in [0.1, 0.15) is 11.1 Å². The van der Waals surface area contributed by atoms with Crippen LogP contribution in [0, 0.1) is 21.4 Å². The number of rotatable bonds is 4. The highest BCUT2D eigenvalue weighted by atomic mass is 35.5. The van der Waals surface area contributed by atoms with Gasteiger partial charge in [-0.1, -0.05) is 23.7 Å². The molecule has 0 bridgehead atoms. The third-order valence-electron chi connectivity index (χ3n) is 4.33. The minimum Gasteiger partial charge on any atom is -0.363 e. The Morgan fingerprint density at radius 1 is 1.12 bits per heavy atom. The summed E-state index contributed by atoms with van der Waals surface area (Å²) in [5.41, 5.74) is 2.19. The lowest BCUT2D eigenvalue weighted by Crippen LogP contribution is -2.46. The van der Waals surface area contributed by atoms with Gasteiger partial charge in [-0.25, -0.2) is 0 Å². The third kappa shape index (κ3) is 4.08. The van der Waals surface area contributed by atoms with Crippen molar-refractivity contribution in [1.29, 1.82) is 5.26 Å². The SMILES string of the molecule is N#Cc1ccc([N+](=O)[O-])c(N2CCN(Cc3ccc(Cl)cc3)CC2)c1. The Kier molecular flexibility index (Phi) is 5.17. The van der Waals surface area contributed by atoms with E-state index < -0.39 is 4.92 Å². The summed E-state index contributed by atoms with van der Waals surface area (Å²) in [7, 11) is 0. The number of hydrogen-bond acceptors (Lipinski definition) is 5. The lowest BCUT2D eigenvalue weighted by atomic mass is 10.1. The molecule has 25 heavy (non-hydrogen) atoms. The molecule has 0 N–H and O–H groups in total. The van der Waals surface area contributed by atoms with E-state index in [1.807, 2.05) is 35.2 Å². The van der Waals surface area contributed by atoms with E-state index in [1.165, 1.54) is 17.7 Å². The van der Waals surface area contributed by atoms with E-state index in [9.17, 15) is 10.1 Å². The number of nitrogens with zero attached hydrogens (tertiary/aromatic N) is 4. The van der Waals surface area contributed by atoms with Gasteiger partial charge in [0.15, 0.2) is 0 Å². The van der Waals surface area contributed by atoms with Crippen molar-refractivity contribution in [3.63, 3.8) is 0 Å². The van der Waals surface area contributed by atoms with Crippen molar-refractivity contribution in [1.82, 2.24) is 4.90 Å². The molecular weight excluding hydrogens is 340 g/mol. The summed E-state index contributed by atoms with van der Waals surface area (Å²) >= 11 is 5.91. The van der Waals surface area contributed by atoms with Crippen LogP contribution in [0.3, 0.4) is 0 Å². The molecule has 0 radical (unpaired) electrons. The molecule has 2 aromatic carbocycles. The molecule has 2 aromatic rings. The van der Waals surface area contributed by atoms with E-state index >= 15 is 0 Å². The molecule has 0 aliphatic carbocycles. The van der Waals surface area contributed by atoms with Gasteiger partial charge in [0.2, 0.25) is 0 Å². The molecule has 1 heterocycles. The average Bonchev–Trinajstić information content (AvgIpc) is 2.63. The van der Waals surface area contributed by atoms with E-state index in [1.54, 1.807) is 6.07 Å². The van der Waals surface area contributed by atoms with Gasteiger partial charge in [-0.2, -0.15) is 5.26 Å². The monoisotopic (exact) mass is 356 g/mol. The van der Waals surface area contributed by atoms with Crippen molar-refractivity contribution in [2.45, 2.75) is 6.54 Å². The second-order valence-electron chi connectivity index (χ2n) is 5.96. The number of benzene rings is 2. The number of hydrogen-bond donors (Lipinski definition) is 0. The molecule has 0 saturated carbocycles. The van der Waals surface area contributed by atoms with E-state index in [-0.39, 0.29) is 5.69 Å². The largest absolute Gasteiger partial charge is 0.363 e. The molecule has 0 amide bonds. The Morgan fingerprint density at radius 3 is 2.40 bits per heavy atom. The minimum absolute atomic E-state index is 0.0464. The molecule has 7 heteroatoms. The van der Waals surface area contributed by atoms with Crippen LogP contribution in [-0.2, 0) is 6.54 Å². The van der Waals surface area contributed by atoms with Crippen molar-refractivity contribution >= 4 is 23.0 Å². The Balaban J connectivity index is 1.69. The highest BCUT2D eigenvalue weighted by Crippen LogP contribution is 2.30. The minimum atomic E-state index is -0.392. The van der Waals surface area contributed by atoms with Gasteiger partial charge in [-0.05, 0) is 29.8 Å². The predicted octanol–water partition coefficient (Wildman–Crippen LogP) is 3.44. The van der Waals surface area contributed by atoms with Crippen LogP contribution >= 0.6 is 11.6 Å². The van der Waals surface area contributed by atoms with Crippen molar-refractivity contribution in [2.24, 2.45) is 0 Å². The van der Waals surface area contributed by atoms with Crippen LogP contribution in [-0.4, -0.2) is 36.0 Å². The first kappa shape index (κ1) is 17.2.